The molecule has 0 unspecified atom stereocenters. The number of ether oxygens (including phenoxy) is 1. The number of methoxy groups -OCH3 is 1. The molecule has 3 rings (SSSR count). The molecular weight excluding hydrogens is 346 g/mol. The van der Waals surface area contributed by atoms with Gasteiger partial charge in [-0.3, -0.25) is 10.1 Å². The molecule has 0 aliphatic heterocycles. The number of aliphatic hydroxyl groups is 1. The molecule has 0 fully saturated rings. The largest absolute Gasteiger partial charge is 0.497 e. The Morgan fingerprint density at radius 1 is 1.32 bits per heavy atom. The first-order chi connectivity index (χ1) is 11.6. The van der Waals surface area contributed by atoms with Gasteiger partial charge in [-0.15, -0.1) is 12.4 Å². The fraction of sp³-hybridized carbons (Fsp3) is 0.235. The molecule has 8 heteroatoms. The molecule has 132 valence electrons. The number of benzene rings is 2. The monoisotopic (exact) mass is 363 g/mol. The number of halogens is 1. The maximum atomic E-state index is 11.5. The van der Waals surface area contributed by atoms with Gasteiger partial charge >= 0.3 is 0 Å². The van der Waals surface area contributed by atoms with Crippen LogP contribution in [0.15, 0.2) is 30.3 Å². The van der Waals surface area contributed by atoms with Crippen molar-refractivity contribution < 1.29 is 14.8 Å². The van der Waals surface area contributed by atoms with E-state index in [1.165, 1.54) is 6.07 Å². The van der Waals surface area contributed by atoms with E-state index in [1.54, 1.807) is 25.3 Å². The highest BCUT2D eigenvalue weighted by molar-refractivity contribution is 6.12. The van der Waals surface area contributed by atoms with E-state index in [4.69, 9.17) is 9.84 Å². The molecular formula is C17H18ClN3O4. The molecule has 0 radical (unpaired) electrons. The number of hydrogen-bond donors (Lipinski definition) is 2. The lowest BCUT2D eigenvalue weighted by Crippen LogP contribution is -2.08. The van der Waals surface area contributed by atoms with E-state index in [2.05, 4.69) is 10.3 Å². The molecule has 0 bridgehead atoms. The van der Waals surface area contributed by atoms with Crippen molar-refractivity contribution in [2.24, 2.45) is 0 Å². The van der Waals surface area contributed by atoms with E-state index in [0.717, 1.165) is 5.56 Å². The molecule has 7 nitrogen and oxygen atoms in total. The van der Waals surface area contributed by atoms with Crippen molar-refractivity contribution in [3.63, 3.8) is 0 Å². The van der Waals surface area contributed by atoms with Crippen molar-refractivity contribution >= 4 is 45.6 Å². The summed E-state index contributed by atoms with van der Waals surface area (Å²) in [7, 11) is 1.56. The van der Waals surface area contributed by atoms with Gasteiger partial charge in [0.25, 0.3) is 5.69 Å². The summed E-state index contributed by atoms with van der Waals surface area (Å²) in [4.78, 5) is 15.7. The van der Waals surface area contributed by atoms with Gasteiger partial charge < -0.3 is 15.2 Å². The number of aromatic nitrogens is 1. The summed E-state index contributed by atoms with van der Waals surface area (Å²) >= 11 is 0. The van der Waals surface area contributed by atoms with Crippen LogP contribution < -0.4 is 10.1 Å². The Kier molecular flexibility index (Phi) is 5.61. The van der Waals surface area contributed by atoms with Crippen molar-refractivity contribution in [1.29, 1.82) is 0 Å². The third-order valence-corrected chi connectivity index (χ3v) is 3.92. The molecule has 0 saturated carbocycles. The van der Waals surface area contributed by atoms with Crippen LogP contribution in [-0.4, -0.2) is 35.3 Å². The highest BCUT2D eigenvalue weighted by atomic mass is 35.5. The average molecular weight is 364 g/mol. The minimum absolute atomic E-state index is 0. The Labute approximate surface area is 150 Å². The maximum Gasteiger partial charge on any atom is 0.280 e. The standard InChI is InChI=1S/C17H17N3O4.ClH/c1-10-3-6-14(20(22)23)15-16(10)19-13-5-4-11(24-2)9-12(13)17(15)18-7-8-21;/h3-6,9,21H,7-8H2,1-2H3,(H,18,19);1H. The second kappa shape index (κ2) is 7.50. The Balaban J connectivity index is 0.00000225. The summed E-state index contributed by atoms with van der Waals surface area (Å²) in [5.41, 5.74) is 2.68. The number of aryl methyl sites for hydroxylation is 1. The molecule has 0 amide bonds. The van der Waals surface area contributed by atoms with Crippen LogP contribution in [0.25, 0.3) is 21.8 Å². The number of nitrogens with one attached hydrogen (secondary N) is 1. The Hall–Kier alpha value is -2.64. The van der Waals surface area contributed by atoms with Gasteiger partial charge in [0.1, 0.15) is 11.1 Å². The van der Waals surface area contributed by atoms with Crippen molar-refractivity contribution in [3.8, 4) is 5.75 Å². The van der Waals surface area contributed by atoms with Crippen LogP contribution in [0.2, 0.25) is 0 Å². The van der Waals surface area contributed by atoms with Gasteiger partial charge in [0.15, 0.2) is 0 Å². The summed E-state index contributed by atoms with van der Waals surface area (Å²) in [5, 5.41) is 24.9. The zero-order valence-corrected chi connectivity index (χ0v) is 14.6. The van der Waals surface area contributed by atoms with Gasteiger partial charge in [-0.1, -0.05) is 6.07 Å². The molecule has 1 heterocycles. The molecule has 25 heavy (non-hydrogen) atoms. The third kappa shape index (κ3) is 3.29. The Morgan fingerprint density at radius 2 is 2.08 bits per heavy atom. The smallest absolute Gasteiger partial charge is 0.280 e. The van der Waals surface area contributed by atoms with Gasteiger partial charge in [-0.2, -0.15) is 0 Å². The molecule has 0 aliphatic rings. The lowest BCUT2D eigenvalue weighted by molar-refractivity contribution is -0.383. The van der Waals surface area contributed by atoms with Gasteiger partial charge in [-0.05, 0) is 30.7 Å². The molecule has 0 saturated heterocycles. The van der Waals surface area contributed by atoms with E-state index in [9.17, 15) is 10.1 Å². The quantitative estimate of drug-likeness (QED) is 0.409. The van der Waals surface area contributed by atoms with Crippen LogP contribution in [0.3, 0.4) is 0 Å². The molecule has 0 atom stereocenters. The fourth-order valence-electron chi connectivity index (χ4n) is 2.79. The van der Waals surface area contributed by atoms with E-state index in [1.807, 2.05) is 13.0 Å². The summed E-state index contributed by atoms with van der Waals surface area (Å²) in [5.74, 6) is 0.631. The normalized spacial score (nSPS) is 10.5. The van der Waals surface area contributed by atoms with E-state index in [0.29, 0.717) is 33.2 Å². The van der Waals surface area contributed by atoms with Gasteiger partial charge in [0, 0.05) is 18.0 Å². The third-order valence-electron chi connectivity index (χ3n) is 3.92. The van der Waals surface area contributed by atoms with Crippen LogP contribution in [0.1, 0.15) is 5.56 Å². The number of pyridine rings is 1. The minimum Gasteiger partial charge on any atom is -0.497 e. The van der Waals surface area contributed by atoms with Gasteiger partial charge in [0.05, 0.1) is 35.4 Å². The Morgan fingerprint density at radius 3 is 2.72 bits per heavy atom. The molecule has 1 aromatic heterocycles. The first-order valence-corrected chi connectivity index (χ1v) is 7.47. The number of hydrogen-bond acceptors (Lipinski definition) is 6. The molecule has 0 aliphatic carbocycles. The number of fused-ring (bicyclic) bond motifs is 2. The average Bonchev–Trinajstić information content (AvgIpc) is 2.58. The topological polar surface area (TPSA) is 97.5 Å². The first kappa shape index (κ1) is 18.7. The number of rotatable bonds is 5. The highest BCUT2D eigenvalue weighted by Gasteiger charge is 2.20. The number of aliphatic hydroxyl groups excluding tert-OH is 1. The van der Waals surface area contributed by atoms with Crippen molar-refractivity contribution in [1.82, 2.24) is 4.98 Å². The lowest BCUT2D eigenvalue weighted by atomic mass is 10.0. The SMILES string of the molecule is COc1ccc2nc3c(C)ccc([N+](=O)[O-])c3c(NCCO)c2c1.Cl. The number of non-ortho nitro benzene ring substituents is 1. The molecule has 2 aromatic carbocycles. The predicted octanol–water partition coefficient (Wildman–Crippen LogP) is 3.44. The number of nitrogens with zero attached hydrogens (tertiary/aromatic N) is 2. The van der Waals surface area contributed by atoms with Crippen molar-refractivity contribution in [2.45, 2.75) is 6.92 Å². The van der Waals surface area contributed by atoms with E-state index < -0.39 is 4.92 Å². The maximum absolute atomic E-state index is 11.5. The lowest BCUT2D eigenvalue weighted by Gasteiger charge is -2.14. The summed E-state index contributed by atoms with van der Waals surface area (Å²) in [6, 6.07) is 8.57. The van der Waals surface area contributed by atoms with Crippen LogP contribution >= 0.6 is 12.4 Å². The Bertz CT molecular complexity index is 946. The molecule has 0 spiro atoms. The summed E-state index contributed by atoms with van der Waals surface area (Å²) in [6.45, 7) is 2.05. The number of nitro groups is 1. The predicted molar refractivity (Wildman–Crippen MR) is 100 cm³/mol. The fourth-order valence-corrected chi connectivity index (χ4v) is 2.79. The van der Waals surface area contributed by atoms with E-state index in [-0.39, 0.29) is 31.2 Å². The summed E-state index contributed by atoms with van der Waals surface area (Å²) in [6.07, 6.45) is 0. The molecule has 2 N–H and O–H groups in total. The number of nitro benzene ring substituents is 1. The zero-order chi connectivity index (χ0) is 17.3. The van der Waals surface area contributed by atoms with Crippen molar-refractivity contribution in [2.75, 3.05) is 25.6 Å². The first-order valence-electron chi connectivity index (χ1n) is 7.47. The van der Waals surface area contributed by atoms with E-state index >= 15 is 0 Å². The van der Waals surface area contributed by atoms with Crippen LogP contribution in [0.4, 0.5) is 11.4 Å². The second-order valence-corrected chi connectivity index (χ2v) is 5.40. The van der Waals surface area contributed by atoms with Crippen LogP contribution in [0.5, 0.6) is 5.75 Å². The molecule has 3 aromatic rings. The number of anilines is 1. The van der Waals surface area contributed by atoms with Gasteiger partial charge in [-0.25, -0.2) is 4.98 Å². The minimum atomic E-state index is -0.417. The second-order valence-electron chi connectivity index (χ2n) is 5.40. The highest BCUT2D eigenvalue weighted by Crippen LogP contribution is 2.39. The summed E-state index contributed by atoms with van der Waals surface area (Å²) < 4.78 is 5.26. The van der Waals surface area contributed by atoms with Crippen LogP contribution in [0, 0.1) is 17.0 Å². The van der Waals surface area contributed by atoms with Gasteiger partial charge in [0.2, 0.25) is 0 Å². The van der Waals surface area contributed by atoms with Crippen LogP contribution in [-0.2, 0) is 0 Å². The van der Waals surface area contributed by atoms with Crippen molar-refractivity contribution in [3.05, 3.63) is 46.0 Å². The zero-order valence-electron chi connectivity index (χ0n) is 13.8.